The second kappa shape index (κ2) is 10.1. The van der Waals surface area contributed by atoms with Crippen molar-refractivity contribution in [2.24, 2.45) is 0 Å². The van der Waals surface area contributed by atoms with Crippen LogP contribution in [0, 0.1) is 6.92 Å². The summed E-state index contributed by atoms with van der Waals surface area (Å²) >= 11 is 0. The number of hydrogen-bond acceptors (Lipinski definition) is 4. The zero-order valence-corrected chi connectivity index (χ0v) is 19.2. The van der Waals surface area contributed by atoms with Crippen LogP contribution in [0.4, 0.5) is 0 Å². The molecule has 0 saturated carbocycles. The van der Waals surface area contributed by atoms with E-state index in [-0.39, 0.29) is 11.8 Å². The highest BCUT2D eigenvalue weighted by molar-refractivity contribution is 6.35. The molecule has 5 nitrogen and oxygen atoms in total. The minimum atomic E-state index is -0.142. The molecule has 0 atom stereocenters. The number of hydrogen-bond donors (Lipinski definition) is 0. The van der Waals surface area contributed by atoms with Gasteiger partial charge in [-0.1, -0.05) is 79.9 Å². The normalized spacial score (nSPS) is 17.6. The summed E-state index contributed by atoms with van der Waals surface area (Å²) in [5, 5.41) is 0. The molecule has 0 aromatic heterocycles. The minimum Gasteiger partial charge on any atom is -0.364 e. The molecule has 2 heterocycles. The van der Waals surface area contributed by atoms with E-state index in [2.05, 4.69) is 41.0 Å². The third kappa shape index (κ3) is 4.78. The van der Waals surface area contributed by atoms with E-state index in [9.17, 15) is 9.59 Å². The Bertz CT molecular complexity index is 974. The maximum absolute atomic E-state index is 13.4. The van der Waals surface area contributed by atoms with E-state index in [0.717, 1.165) is 63.1 Å². The highest BCUT2D eigenvalue weighted by Gasteiger charge is 2.41. The highest BCUT2D eigenvalue weighted by Crippen LogP contribution is 2.32. The third-order valence-corrected chi connectivity index (χ3v) is 6.41. The van der Waals surface area contributed by atoms with Gasteiger partial charge in [0.25, 0.3) is 11.8 Å². The molecule has 1 saturated heterocycles. The largest absolute Gasteiger partial charge is 0.364 e. The summed E-state index contributed by atoms with van der Waals surface area (Å²) in [7, 11) is 0. The Morgan fingerprint density at radius 1 is 0.812 bits per heavy atom. The molecule has 2 aromatic rings. The van der Waals surface area contributed by atoms with Gasteiger partial charge in [0, 0.05) is 39.3 Å². The quantitative estimate of drug-likeness (QED) is 0.467. The van der Waals surface area contributed by atoms with Crippen molar-refractivity contribution in [1.29, 1.82) is 0 Å². The van der Waals surface area contributed by atoms with Crippen molar-refractivity contribution >= 4 is 17.4 Å². The molecule has 32 heavy (non-hydrogen) atoms. The molecule has 168 valence electrons. The maximum atomic E-state index is 13.4. The Balaban J connectivity index is 1.54. The van der Waals surface area contributed by atoms with E-state index in [4.69, 9.17) is 0 Å². The molecule has 2 amide bonds. The number of unbranched alkanes of at least 4 members (excludes halogenated alkanes) is 2. The average Bonchev–Trinajstić information content (AvgIpc) is 3.06. The van der Waals surface area contributed by atoms with Crippen molar-refractivity contribution in [2.45, 2.75) is 39.7 Å². The number of imide groups is 1. The Kier molecular flexibility index (Phi) is 7.05. The molecule has 0 radical (unpaired) electrons. The van der Waals surface area contributed by atoms with Crippen LogP contribution in [0.3, 0.4) is 0 Å². The van der Waals surface area contributed by atoms with Crippen LogP contribution in [0.1, 0.15) is 42.9 Å². The lowest BCUT2D eigenvalue weighted by atomic mass is 10.0. The van der Waals surface area contributed by atoms with Crippen molar-refractivity contribution in [3.8, 4) is 0 Å². The van der Waals surface area contributed by atoms with Crippen molar-refractivity contribution in [2.75, 3.05) is 32.7 Å². The Morgan fingerprint density at radius 3 is 2.16 bits per heavy atom. The number of amides is 2. The van der Waals surface area contributed by atoms with Crippen molar-refractivity contribution < 1.29 is 9.59 Å². The van der Waals surface area contributed by atoms with Gasteiger partial charge in [-0.3, -0.25) is 19.4 Å². The zero-order chi connectivity index (χ0) is 22.5. The van der Waals surface area contributed by atoms with Crippen LogP contribution < -0.4 is 0 Å². The summed E-state index contributed by atoms with van der Waals surface area (Å²) < 4.78 is 0. The van der Waals surface area contributed by atoms with E-state index >= 15 is 0 Å². The van der Waals surface area contributed by atoms with Crippen LogP contribution in [0.25, 0.3) is 5.57 Å². The standard InChI is InChI=1S/C27H33N3O2/c1-3-4-8-15-30-26(31)24(23-13-11-21(2)12-14-23)25(27(30)32)29-18-16-28(17-19-29)20-22-9-6-5-7-10-22/h5-7,9-14H,3-4,8,15-20H2,1-2H3. The second-order valence-electron chi connectivity index (χ2n) is 8.81. The van der Waals surface area contributed by atoms with Gasteiger partial charge >= 0.3 is 0 Å². The van der Waals surface area contributed by atoms with Crippen molar-refractivity contribution in [3.05, 3.63) is 77.0 Å². The molecule has 0 spiro atoms. The maximum Gasteiger partial charge on any atom is 0.277 e. The molecule has 1 fully saturated rings. The summed E-state index contributed by atoms with van der Waals surface area (Å²) in [4.78, 5) is 32.8. The monoisotopic (exact) mass is 431 g/mol. The Labute approximate surface area is 191 Å². The van der Waals surface area contributed by atoms with Crippen LogP contribution >= 0.6 is 0 Å². The lowest BCUT2D eigenvalue weighted by Gasteiger charge is -2.36. The van der Waals surface area contributed by atoms with Crippen molar-refractivity contribution in [1.82, 2.24) is 14.7 Å². The fraction of sp³-hybridized carbons (Fsp3) is 0.407. The molecule has 4 rings (SSSR count). The lowest BCUT2D eigenvalue weighted by molar-refractivity contribution is -0.137. The first kappa shape index (κ1) is 22.3. The predicted octanol–water partition coefficient (Wildman–Crippen LogP) is 4.08. The second-order valence-corrected chi connectivity index (χ2v) is 8.81. The number of benzene rings is 2. The fourth-order valence-corrected chi connectivity index (χ4v) is 4.53. The predicted molar refractivity (Wildman–Crippen MR) is 128 cm³/mol. The summed E-state index contributed by atoms with van der Waals surface area (Å²) in [6, 6.07) is 18.4. The van der Waals surface area contributed by atoms with Gasteiger partial charge in [-0.15, -0.1) is 0 Å². The molecular formula is C27H33N3O2. The van der Waals surface area contributed by atoms with Crippen LogP contribution in [0.5, 0.6) is 0 Å². The Morgan fingerprint density at radius 2 is 1.50 bits per heavy atom. The topological polar surface area (TPSA) is 43.9 Å². The Hall–Kier alpha value is -2.92. The summed E-state index contributed by atoms with van der Waals surface area (Å²) in [6.07, 6.45) is 2.93. The van der Waals surface area contributed by atoms with Gasteiger partial charge < -0.3 is 4.90 Å². The van der Waals surface area contributed by atoms with Crippen LogP contribution in [0.2, 0.25) is 0 Å². The van der Waals surface area contributed by atoms with Crippen LogP contribution in [-0.2, 0) is 16.1 Å². The van der Waals surface area contributed by atoms with Gasteiger partial charge in [0.15, 0.2) is 0 Å². The first-order chi connectivity index (χ1) is 15.6. The molecule has 0 bridgehead atoms. The van der Waals surface area contributed by atoms with Crippen molar-refractivity contribution in [3.63, 3.8) is 0 Å². The average molecular weight is 432 g/mol. The molecule has 2 aliphatic heterocycles. The van der Waals surface area contributed by atoms with E-state index in [0.29, 0.717) is 17.8 Å². The fourth-order valence-electron chi connectivity index (χ4n) is 4.53. The molecule has 2 aromatic carbocycles. The SMILES string of the molecule is CCCCCN1C(=O)C(c2ccc(C)cc2)=C(N2CCN(Cc3ccccc3)CC2)C1=O. The lowest BCUT2D eigenvalue weighted by Crippen LogP contribution is -2.47. The first-order valence-electron chi connectivity index (χ1n) is 11.8. The van der Waals surface area contributed by atoms with Gasteiger partial charge in [0.05, 0.1) is 5.57 Å². The van der Waals surface area contributed by atoms with E-state index < -0.39 is 0 Å². The first-order valence-corrected chi connectivity index (χ1v) is 11.8. The molecule has 0 aliphatic carbocycles. The van der Waals surface area contributed by atoms with Crippen LogP contribution in [0.15, 0.2) is 60.3 Å². The number of nitrogens with zero attached hydrogens (tertiary/aromatic N) is 3. The summed E-state index contributed by atoms with van der Waals surface area (Å²) in [6.45, 7) is 8.81. The number of aryl methyl sites for hydroxylation is 1. The molecule has 0 unspecified atom stereocenters. The minimum absolute atomic E-state index is 0.127. The van der Waals surface area contributed by atoms with Gasteiger partial charge in [-0.05, 0) is 24.5 Å². The molecular weight excluding hydrogens is 398 g/mol. The number of carbonyl (C=O) groups is 2. The smallest absolute Gasteiger partial charge is 0.277 e. The number of carbonyl (C=O) groups excluding carboxylic acids is 2. The molecule has 2 aliphatic rings. The zero-order valence-electron chi connectivity index (χ0n) is 19.2. The van der Waals surface area contributed by atoms with E-state index in [1.165, 1.54) is 10.5 Å². The molecule has 0 N–H and O–H groups in total. The summed E-state index contributed by atoms with van der Waals surface area (Å²) in [5.41, 5.74) is 4.45. The summed E-state index contributed by atoms with van der Waals surface area (Å²) in [5.74, 6) is -0.269. The van der Waals surface area contributed by atoms with E-state index in [1.807, 2.05) is 37.3 Å². The highest BCUT2D eigenvalue weighted by atomic mass is 16.2. The number of piperazine rings is 1. The van der Waals surface area contributed by atoms with Gasteiger partial charge in [0.1, 0.15) is 5.70 Å². The van der Waals surface area contributed by atoms with Crippen LogP contribution in [-0.4, -0.2) is 59.2 Å². The van der Waals surface area contributed by atoms with Gasteiger partial charge in [-0.2, -0.15) is 0 Å². The molecule has 5 heteroatoms. The van der Waals surface area contributed by atoms with Gasteiger partial charge in [-0.25, -0.2) is 0 Å². The van der Waals surface area contributed by atoms with Gasteiger partial charge in [0.2, 0.25) is 0 Å². The number of rotatable bonds is 8. The third-order valence-electron chi connectivity index (χ3n) is 6.41. The van der Waals surface area contributed by atoms with E-state index in [1.54, 1.807) is 0 Å².